The minimum atomic E-state index is -4.37. The van der Waals surface area contributed by atoms with Crippen LogP contribution in [-0.4, -0.2) is 54.0 Å². The number of amidine groups is 1. The molecule has 6 fully saturated rings. The molecular formula is C26H33F3N6. The molecule has 0 amide bonds. The lowest BCUT2D eigenvalue weighted by Gasteiger charge is -2.53. The van der Waals surface area contributed by atoms with Gasteiger partial charge in [0.25, 0.3) is 0 Å². The minimum Gasteiger partial charge on any atom is -0.354 e. The van der Waals surface area contributed by atoms with Crippen LogP contribution in [0.5, 0.6) is 0 Å². The largest absolute Gasteiger partial charge is 0.417 e. The summed E-state index contributed by atoms with van der Waals surface area (Å²) >= 11 is 0. The van der Waals surface area contributed by atoms with Crippen LogP contribution in [0.4, 0.5) is 19.0 Å². The van der Waals surface area contributed by atoms with E-state index < -0.39 is 11.7 Å². The Balaban J connectivity index is 1.16. The van der Waals surface area contributed by atoms with Gasteiger partial charge in [-0.3, -0.25) is 15.2 Å². The van der Waals surface area contributed by atoms with E-state index in [-0.39, 0.29) is 6.04 Å². The van der Waals surface area contributed by atoms with Crippen molar-refractivity contribution in [2.75, 3.05) is 31.1 Å². The topological polar surface area (TPSA) is 67.6 Å². The molecule has 0 spiro atoms. The fraction of sp³-hybridized carbons (Fsp3) is 0.731. The summed E-state index contributed by atoms with van der Waals surface area (Å²) < 4.78 is 38.7. The van der Waals surface area contributed by atoms with Gasteiger partial charge in [-0.2, -0.15) is 18.4 Å². The number of nitriles is 1. The van der Waals surface area contributed by atoms with E-state index in [4.69, 9.17) is 4.99 Å². The fourth-order valence-corrected chi connectivity index (χ4v) is 7.58. The SMILES string of the molecule is N#CNC(=NC1C2CC3CC(C2)CC1C3)C(C1CC1)N1CCN(c2ccc(C(F)(F)F)cn2)CC1. The maximum atomic E-state index is 12.9. The Labute approximate surface area is 204 Å². The number of pyridine rings is 1. The van der Waals surface area contributed by atoms with Crippen LogP contribution in [0.3, 0.4) is 0 Å². The molecule has 1 unspecified atom stereocenters. The lowest BCUT2D eigenvalue weighted by Crippen LogP contribution is -2.56. The van der Waals surface area contributed by atoms with Crippen molar-refractivity contribution in [1.82, 2.24) is 15.2 Å². The van der Waals surface area contributed by atoms with Gasteiger partial charge in [-0.05, 0) is 86.7 Å². The van der Waals surface area contributed by atoms with Crippen LogP contribution in [0.2, 0.25) is 0 Å². The molecule has 5 saturated carbocycles. The van der Waals surface area contributed by atoms with Crippen LogP contribution in [0.1, 0.15) is 50.5 Å². The van der Waals surface area contributed by atoms with E-state index in [2.05, 4.69) is 21.4 Å². The summed E-state index contributed by atoms with van der Waals surface area (Å²) in [4.78, 5) is 13.9. The van der Waals surface area contributed by atoms with Gasteiger partial charge in [0.1, 0.15) is 11.7 Å². The third-order valence-electron chi connectivity index (χ3n) is 9.10. The highest BCUT2D eigenvalue weighted by atomic mass is 19.4. The highest BCUT2D eigenvalue weighted by molar-refractivity contribution is 5.89. The van der Waals surface area contributed by atoms with Crippen molar-refractivity contribution in [1.29, 1.82) is 5.26 Å². The van der Waals surface area contributed by atoms with E-state index in [1.54, 1.807) is 0 Å². The molecule has 1 atom stereocenters. The molecule has 6 nitrogen and oxygen atoms in total. The maximum Gasteiger partial charge on any atom is 0.417 e. The molecule has 1 N–H and O–H groups in total. The van der Waals surface area contributed by atoms with Crippen LogP contribution in [0.25, 0.3) is 0 Å². The van der Waals surface area contributed by atoms with Gasteiger partial charge in [-0.25, -0.2) is 4.98 Å². The number of aromatic nitrogens is 1. The number of rotatable bonds is 5. The van der Waals surface area contributed by atoms with Crippen LogP contribution in [-0.2, 0) is 6.18 Å². The van der Waals surface area contributed by atoms with E-state index in [1.165, 1.54) is 38.2 Å². The van der Waals surface area contributed by atoms with Crippen molar-refractivity contribution < 1.29 is 13.2 Å². The monoisotopic (exact) mass is 486 g/mol. The molecular weight excluding hydrogens is 453 g/mol. The van der Waals surface area contributed by atoms with Gasteiger partial charge >= 0.3 is 6.18 Å². The predicted octanol–water partition coefficient (Wildman–Crippen LogP) is 4.29. The molecule has 9 heteroatoms. The molecule has 5 aliphatic carbocycles. The van der Waals surface area contributed by atoms with Crippen LogP contribution < -0.4 is 10.2 Å². The third kappa shape index (κ3) is 4.62. The number of piperazine rings is 1. The molecule has 0 aromatic carbocycles. The zero-order valence-electron chi connectivity index (χ0n) is 19.9. The van der Waals surface area contributed by atoms with Crippen molar-refractivity contribution >= 4 is 11.7 Å². The van der Waals surface area contributed by atoms with E-state index in [0.29, 0.717) is 42.7 Å². The number of anilines is 1. The van der Waals surface area contributed by atoms with Crippen molar-refractivity contribution in [3.8, 4) is 6.19 Å². The molecule has 1 saturated heterocycles. The van der Waals surface area contributed by atoms with Gasteiger partial charge in [0, 0.05) is 32.4 Å². The number of hydrogen-bond acceptors (Lipinski definition) is 5. The van der Waals surface area contributed by atoms with Crippen LogP contribution in [0, 0.1) is 41.0 Å². The van der Waals surface area contributed by atoms with E-state index >= 15 is 0 Å². The van der Waals surface area contributed by atoms with Gasteiger partial charge in [0.05, 0.1) is 17.6 Å². The summed E-state index contributed by atoms with van der Waals surface area (Å²) in [5.74, 6) is 5.08. The highest BCUT2D eigenvalue weighted by Crippen LogP contribution is 2.55. The van der Waals surface area contributed by atoms with Gasteiger partial charge in [-0.15, -0.1) is 0 Å². The number of hydrogen-bond donors (Lipinski definition) is 1. The number of alkyl halides is 3. The summed E-state index contributed by atoms with van der Waals surface area (Å²) in [6, 6.07) is 3.04. The minimum absolute atomic E-state index is 0.120. The Morgan fingerprint density at radius 1 is 1.03 bits per heavy atom. The molecule has 7 rings (SSSR count). The number of halogens is 3. The zero-order chi connectivity index (χ0) is 24.2. The summed E-state index contributed by atoms with van der Waals surface area (Å²) in [6.45, 7) is 2.94. The molecule has 188 valence electrons. The Morgan fingerprint density at radius 3 is 2.20 bits per heavy atom. The Kier molecular flexibility index (Phi) is 5.90. The Hall–Kier alpha value is -2.34. The molecule has 2 heterocycles. The molecule has 1 aromatic rings. The zero-order valence-corrected chi connectivity index (χ0v) is 19.9. The van der Waals surface area contributed by atoms with Crippen LogP contribution >= 0.6 is 0 Å². The Bertz CT molecular complexity index is 960. The first-order valence-electron chi connectivity index (χ1n) is 13.1. The second-order valence-corrected chi connectivity index (χ2v) is 11.4. The van der Waals surface area contributed by atoms with Gasteiger partial charge in [0.2, 0.25) is 0 Å². The van der Waals surface area contributed by atoms with E-state index in [9.17, 15) is 18.4 Å². The van der Waals surface area contributed by atoms with Gasteiger partial charge in [-0.1, -0.05) is 0 Å². The number of nitrogens with zero attached hydrogens (tertiary/aromatic N) is 5. The predicted molar refractivity (Wildman–Crippen MR) is 127 cm³/mol. The third-order valence-corrected chi connectivity index (χ3v) is 9.10. The van der Waals surface area contributed by atoms with E-state index in [0.717, 1.165) is 55.9 Å². The second-order valence-electron chi connectivity index (χ2n) is 11.4. The first-order valence-corrected chi connectivity index (χ1v) is 13.1. The molecule has 0 radical (unpaired) electrons. The molecule has 4 bridgehead atoms. The lowest BCUT2D eigenvalue weighted by molar-refractivity contribution is -0.137. The van der Waals surface area contributed by atoms with E-state index in [1.807, 2.05) is 4.90 Å². The van der Waals surface area contributed by atoms with Crippen molar-refractivity contribution in [3.63, 3.8) is 0 Å². The van der Waals surface area contributed by atoms with Crippen molar-refractivity contribution in [2.24, 2.45) is 34.6 Å². The standard InChI is InChI=1S/C26H33F3N6/c27-26(28,29)21-3-4-22(31-14-21)34-5-7-35(8-6-34)24(18-1-2-18)25(32-15-30)33-23-19-10-16-9-17(12-19)13-20(23)11-16/h3-4,14,16-20,23-24H,1-2,5-13H2,(H,32,33). The first-order chi connectivity index (χ1) is 16.9. The Morgan fingerprint density at radius 2 is 1.69 bits per heavy atom. The smallest absolute Gasteiger partial charge is 0.354 e. The average Bonchev–Trinajstić information content (AvgIpc) is 3.66. The normalized spacial score (nSPS) is 34.1. The summed E-state index contributed by atoms with van der Waals surface area (Å²) in [6.07, 6.45) is 7.63. The first kappa shape index (κ1) is 23.1. The van der Waals surface area contributed by atoms with Gasteiger partial charge < -0.3 is 4.90 Å². The van der Waals surface area contributed by atoms with Crippen LogP contribution in [0.15, 0.2) is 23.3 Å². The quantitative estimate of drug-likeness (QED) is 0.291. The maximum absolute atomic E-state index is 12.9. The van der Waals surface area contributed by atoms with Crippen molar-refractivity contribution in [2.45, 2.75) is 63.2 Å². The second kappa shape index (κ2) is 8.95. The fourth-order valence-electron chi connectivity index (χ4n) is 7.58. The molecule has 1 aromatic heterocycles. The summed E-state index contributed by atoms with van der Waals surface area (Å²) in [5.41, 5.74) is -0.720. The summed E-state index contributed by atoms with van der Waals surface area (Å²) in [7, 11) is 0. The highest BCUT2D eigenvalue weighted by Gasteiger charge is 2.49. The number of aliphatic imine (C=N–C) groups is 1. The number of nitrogens with one attached hydrogen (secondary N) is 1. The van der Waals surface area contributed by atoms with Gasteiger partial charge in [0.15, 0.2) is 6.19 Å². The molecule has 6 aliphatic rings. The van der Waals surface area contributed by atoms with Crippen molar-refractivity contribution in [3.05, 3.63) is 23.9 Å². The molecule has 35 heavy (non-hydrogen) atoms. The lowest BCUT2D eigenvalue weighted by atomic mass is 9.54. The summed E-state index contributed by atoms with van der Waals surface area (Å²) in [5, 5.41) is 12.6. The average molecular weight is 487 g/mol. The molecule has 1 aliphatic heterocycles.